The van der Waals surface area contributed by atoms with E-state index in [0.717, 1.165) is 25.9 Å². The highest BCUT2D eigenvalue weighted by Gasteiger charge is 2.25. The molecule has 1 aliphatic rings. The van der Waals surface area contributed by atoms with Crippen LogP contribution in [-0.2, 0) is 11.3 Å². The first-order valence-corrected chi connectivity index (χ1v) is 6.92. The normalized spacial score (nSPS) is 21.4. The summed E-state index contributed by atoms with van der Waals surface area (Å²) in [6.07, 6.45) is 1.81. The third-order valence-electron chi connectivity index (χ3n) is 3.17. The van der Waals surface area contributed by atoms with Gasteiger partial charge in [0.15, 0.2) is 0 Å². The van der Waals surface area contributed by atoms with Gasteiger partial charge in [0.25, 0.3) is 0 Å². The van der Waals surface area contributed by atoms with E-state index in [2.05, 4.69) is 51.8 Å². The number of hydrogen-bond acceptors (Lipinski definition) is 2. The quantitative estimate of drug-likeness (QED) is 0.857. The van der Waals surface area contributed by atoms with Crippen LogP contribution < -0.4 is 0 Å². The molecule has 1 aromatic carbocycles. The molecule has 92 valence electrons. The molecule has 0 radical (unpaired) electrons. The Morgan fingerprint density at radius 3 is 2.76 bits per heavy atom. The number of nitrogens with zero attached hydrogens (tertiary/aromatic N) is 1. The SMILES string of the molecule is O=C(O)C1CCCN(Cc2ccc(I)cc2)C1. The number of hydrogen-bond donors (Lipinski definition) is 1. The maximum atomic E-state index is 11.0. The van der Waals surface area contributed by atoms with E-state index in [-0.39, 0.29) is 5.92 Å². The maximum absolute atomic E-state index is 11.0. The van der Waals surface area contributed by atoms with Crippen LogP contribution in [0, 0.1) is 9.49 Å². The fourth-order valence-electron chi connectivity index (χ4n) is 2.25. The van der Waals surface area contributed by atoms with Crippen LogP contribution in [0.15, 0.2) is 24.3 Å². The predicted molar refractivity (Wildman–Crippen MR) is 74.8 cm³/mol. The number of carboxylic acids is 1. The standard InChI is InChI=1S/C13H16INO2/c14-12-5-3-10(4-6-12)8-15-7-1-2-11(9-15)13(16)17/h3-6,11H,1-2,7-9H2,(H,16,17). The summed E-state index contributed by atoms with van der Waals surface area (Å²) in [6.45, 7) is 2.55. The van der Waals surface area contributed by atoms with Gasteiger partial charge in [0.1, 0.15) is 0 Å². The molecule has 4 heteroatoms. The Hall–Kier alpha value is -0.620. The third kappa shape index (κ3) is 3.67. The van der Waals surface area contributed by atoms with E-state index in [9.17, 15) is 4.79 Å². The lowest BCUT2D eigenvalue weighted by Crippen LogP contribution is -2.38. The largest absolute Gasteiger partial charge is 0.481 e. The molecule has 1 atom stereocenters. The lowest BCUT2D eigenvalue weighted by Gasteiger charge is -2.30. The molecule has 0 amide bonds. The van der Waals surface area contributed by atoms with Gasteiger partial charge < -0.3 is 5.11 Å². The van der Waals surface area contributed by atoms with Crippen LogP contribution in [0.2, 0.25) is 0 Å². The third-order valence-corrected chi connectivity index (χ3v) is 3.89. The van der Waals surface area contributed by atoms with Crippen LogP contribution in [-0.4, -0.2) is 29.1 Å². The molecule has 1 unspecified atom stereocenters. The van der Waals surface area contributed by atoms with E-state index in [0.29, 0.717) is 6.54 Å². The molecule has 3 nitrogen and oxygen atoms in total. The van der Waals surface area contributed by atoms with Crippen LogP contribution in [0.3, 0.4) is 0 Å². The summed E-state index contributed by atoms with van der Waals surface area (Å²) >= 11 is 2.29. The smallest absolute Gasteiger partial charge is 0.307 e. The lowest BCUT2D eigenvalue weighted by molar-refractivity contribution is -0.143. The number of piperidine rings is 1. The Kier molecular flexibility index (Phi) is 4.39. The zero-order valence-corrected chi connectivity index (χ0v) is 11.8. The monoisotopic (exact) mass is 345 g/mol. The number of rotatable bonds is 3. The van der Waals surface area contributed by atoms with Gasteiger partial charge in [0.05, 0.1) is 5.92 Å². The zero-order valence-electron chi connectivity index (χ0n) is 9.60. The summed E-state index contributed by atoms with van der Waals surface area (Å²) in [5.74, 6) is -0.843. The van der Waals surface area contributed by atoms with Gasteiger partial charge in [-0.3, -0.25) is 9.69 Å². The van der Waals surface area contributed by atoms with Crippen molar-refractivity contribution in [3.63, 3.8) is 0 Å². The number of carbonyl (C=O) groups is 1. The number of likely N-dealkylation sites (tertiary alicyclic amines) is 1. The molecule has 1 aliphatic heterocycles. The van der Waals surface area contributed by atoms with Crippen LogP contribution in [0.5, 0.6) is 0 Å². The van der Waals surface area contributed by atoms with Crippen LogP contribution in [0.1, 0.15) is 18.4 Å². The van der Waals surface area contributed by atoms with Crippen LogP contribution in [0.25, 0.3) is 0 Å². The van der Waals surface area contributed by atoms with E-state index >= 15 is 0 Å². The van der Waals surface area contributed by atoms with Crippen molar-refractivity contribution in [2.24, 2.45) is 5.92 Å². The van der Waals surface area contributed by atoms with Crippen molar-refractivity contribution < 1.29 is 9.90 Å². The zero-order chi connectivity index (χ0) is 12.3. The highest BCUT2D eigenvalue weighted by molar-refractivity contribution is 14.1. The van der Waals surface area contributed by atoms with E-state index < -0.39 is 5.97 Å². The fraction of sp³-hybridized carbons (Fsp3) is 0.462. The highest BCUT2D eigenvalue weighted by Crippen LogP contribution is 2.19. The fourth-order valence-corrected chi connectivity index (χ4v) is 2.61. The molecule has 2 rings (SSSR count). The van der Waals surface area contributed by atoms with Gasteiger partial charge in [-0.25, -0.2) is 0 Å². The van der Waals surface area contributed by atoms with Gasteiger partial charge in [0, 0.05) is 16.7 Å². The van der Waals surface area contributed by atoms with Gasteiger partial charge in [0.2, 0.25) is 0 Å². The molecule has 1 aromatic rings. The van der Waals surface area contributed by atoms with Crippen molar-refractivity contribution in [1.29, 1.82) is 0 Å². The van der Waals surface area contributed by atoms with Gasteiger partial charge >= 0.3 is 5.97 Å². The van der Waals surface area contributed by atoms with Crippen LogP contribution in [0.4, 0.5) is 0 Å². The van der Waals surface area contributed by atoms with Gasteiger partial charge in [-0.15, -0.1) is 0 Å². The summed E-state index contributed by atoms with van der Waals surface area (Å²) < 4.78 is 1.23. The summed E-state index contributed by atoms with van der Waals surface area (Å²) in [6, 6.07) is 8.42. The summed E-state index contributed by atoms with van der Waals surface area (Å²) in [4.78, 5) is 13.2. The van der Waals surface area contributed by atoms with Crippen molar-refractivity contribution in [2.75, 3.05) is 13.1 Å². The van der Waals surface area contributed by atoms with Gasteiger partial charge in [-0.1, -0.05) is 12.1 Å². The average molecular weight is 345 g/mol. The second-order valence-electron chi connectivity index (χ2n) is 4.54. The summed E-state index contributed by atoms with van der Waals surface area (Å²) in [5, 5.41) is 9.03. The van der Waals surface area contributed by atoms with E-state index in [1.165, 1.54) is 9.13 Å². The topological polar surface area (TPSA) is 40.5 Å². The Labute approximate surface area is 115 Å². The molecule has 1 N–H and O–H groups in total. The molecule has 0 aliphatic carbocycles. The minimum atomic E-state index is -0.655. The summed E-state index contributed by atoms with van der Waals surface area (Å²) in [5.41, 5.74) is 1.26. The molecular formula is C13H16INO2. The molecule has 1 saturated heterocycles. The van der Waals surface area contributed by atoms with E-state index in [1.807, 2.05) is 0 Å². The molecular weight excluding hydrogens is 329 g/mol. The first-order chi connectivity index (χ1) is 8.15. The van der Waals surface area contributed by atoms with Gasteiger partial charge in [-0.05, 0) is 59.7 Å². The molecule has 1 fully saturated rings. The van der Waals surface area contributed by atoms with Crippen molar-refractivity contribution in [3.8, 4) is 0 Å². The van der Waals surface area contributed by atoms with Crippen molar-refractivity contribution in [2.45, 2.75) is 19.4 Å². The van der Waals surface area contributed by atoms with Gasteiger partial charge in [-0.2, -0.15) is 0 Å². The number of carboxylic acid groups (broad SMARTS) is 1. The Morgan fingerprint density at radius 1 is 1.41 bits per heavy atom. The van der Waals surface area contributed by atoms with E-state index in [4.69, 9.17) is 5.11 Å². The van der Waals surface area contributed by atoms with Crippen LogP contribution >= 0.6 is 22.6 Å². The van der Waals surface area contributed by atoms with Crippen molar-refractivity contribution >= 4 is 28.6 Å². The molecule has 0 saturated carbocycles. The molecule has 1 heterocycles. The predicted octanol–water partition coefficient (Wildman–Crippen LogP) is 2.59. The minimum absolute atomic E-state index is 0.187. The Morgan fingerprint density at radius 2 is 2.12 bits per heavy atom. The van der Waals surface area contributed by atoms with Crippen molar-refractivity contribution in [3.05, 3.63) is 33.4 Å². The number of benzene rings is 1. The number of aliphatic carboxylic acids is 1. The minimum Gasteiger partial charge on any atom is -0.481 e. The van der Waals surface area contributed by atoms with Crippen molar-refractivity contribution in [1.82, 2.24) is 4.90 Å². The highest BCUT2D eigenvalue weighted by atomic mass is 127. The Balaban J connectivity index is 1.94. The first-order valence-electron chi connectivity index (χ1n) is 5.85. The second-order valence-corrected chi connectivity index (χ2v) is 5.78. The molecule has 0 spiro atoms. The molecule has 0 aromatic heterocycles. The summed E-state index contributed by atoms with van der Waals surface area (Å²) in [7, 11) is 0. The Bertz CT molecular complexity index is 391. The lowest BCUT2D eigenvalue weighted by atomic mass is 9.98. The average Bonchev–Trinajstić information content (AvgIpc) is 2.32. The first kappa shape index (κ1) is 12.8. The number of halogens is 1. The molecule has 0 bridgehead atoms. The molecule has 17 heavy (non-hydrogen) atoms. The maximum Gasteiger partial charge on any atom is 0.307 e. The van der Waals surface area contributed by atoms with E-state index in [1.54, 1.807) is 0 Å². The second kappa shape index (κ2) is 5.82.